The molecule has 0 heterocycles. The van der Waals surface area contributed by atoms with E-state index < -0.39 is 0 Å². The SMILES string of the molecule is CCC(C)NC(=O)CCN(Cc1ccccc1F)C(C)=O. The molecule has 21 heavy (non-hydrogen) atoms. The minimum absolute atomic E-state index is 0.0934. The molecule has 0 fully saturated rings. The zero-order valence-corrected chi connectivity index (χ0v) is 12.9. The van der Waals surface area contributed by atoms with Crippen LogP contribution in [0.25, 0.3) is 0 Å². The molecular weight excluding hydrogens is 271 g/mol. The summed E-state index contributed by atoms with van der Waals surface area (Å²) in [6.45, 7) is 5.81. The van der Waals surface area contributed by atoms with Crippen molar-refractivity contribution < 1.29 is 14.0 Å². The van der Waals surface area contributed by atoms with Crippen molar-refractivity contribution in [3.63, 3.8) is 0 Å². The Hall–Kier alpha value is -1.91. The summed E-state index contributed by atoms with van der Waals surface area (Å²) in [4.78, 5) is 24.8. The third kappa shape index (κ3) is 5.94. The Kier molecular flexibility index (Phi) is 6.85. The highest BCUT2D eigenvalue weighted by atomic mass is 19.1. The molecular formula is C16H23FN2O2. The zero-order valence-electron chi connectivity index (χ0n) is 12.9. The summed E-state index contributed by atoms with van der Waals surface area (Å²) in [5.74, 6) is -0.605. The smallest absolute Gasteiger partial charge is 0.221 e. The van der Waals surface area contributed by atoms with Gasteiger partial charge in [-0.15, -0.1) is 0 Å². The first-order valence-electron chi connectivity index (χ1n) is 7.22. The molecule has 0 radical (unpaired) electrons. The average molecular weight is 294 g/mol. The van der Waals surface area contributed by atoms with E-state index in [0.717, 1.165) is 6.42 Å². The summed E-state index contributed by atoms with van der Waals surface area (Å²) >= 11 is 0. The topological polar surface area (TPSA) is 49.4 Å². The molecule has 0 bridgehead atoms. The number of nitrogens with one attached hydrogen (secondary N) is 1. The highest BCUT2D eigenvalue weighted by molar-refractivity contribution is 5.78. The molecule has 116 valence electrons. The summed E-state index contributed by atoms with van der Waals surface area (Å²) in [7, 11) is 0. The van der Waals surface area contributed by atoms with E-state index >= 15 is 0 Å². The van der Waals surface area contributed by atoms with Crippen LogP contribution in [0.4, 0.5) is 4.39 Å². The first kappa shape index (κ1) is 17.1. The molecule has 1 rings (SSSR count). The van der Waals surface area contributed by atoms with E-state index in [1.807, 2.05) is 13.8 Å². The molecule has 1 N–H and O–H groups in total. The van der Waals surface area contributed by atoms with Gasteiger partial charge in [0, 0.05) is 38.0 Å². The molecule has 0 aromatic heterocycles. The van der Waals surface area contributed by atoms with Gasteiger partial charge < -0.3 is 10.2 Å². The molecule has 5 heteroatoms. The van der Waals surface area contributed by atoms with Gasteiger partial charge in [-0.2, -0.15) is 0 Å². The Morgan fingerprint density at radius 3 is 2.57 bits per heavy atom. The van der Waals surface area contributed by atoms with Gasteiger partial charge in [-0.05, 0) is 19.4 Å². The lowest BCUT2D eigenvalue weighted by Gasteiger charge is -2.21. The third-order valence-corrected chi connectivity index (χ3v) is 3.39. The minimum Gasteiger partial charge on any atom is -0.354 e. The lowest BCUT2D eigenvalue weighted by atomic mass is 10.2. The summed E-state index contributed by atoms with van der Waals surface area (Å²) in [6, 6.07) is 6.46. The van der Waals surface area contributed by atoms with Crippen molar-refractivity contribution in [1.29, 1.82) is 0 Å². The molecule has 1 atom stereocenters. The second-order valence-corrected chi connectivity index (χ2v) is 5.16. The maximum absolute atomic E-state index is 13.6. The van der Waals surface area contributed by atoms with Gasteiger partial charge in [0.25, 0.3) is 0 Å². The van der Waals surface area contributed by atoms with Gasteiger partial charge in [0.2, 0.25) is 11.8 Å². The highest BCUT2D eigenvalue weighted by Crippen LogP contribution is 2.10. The Morgan fingerprint density at radius 2 is 2.00 bits per heavy atom. The molecule has 1 aromatic carbocycles. The van der Waals surface area contributed by atoms with Crippen molar-refractivity contribution in [1.82, 2.24) is 10.2 Å². The fourth-order valence-electron chi connectivity index (χ4n) is 1.87. The number of hydrogen-bond donors (Lipinski definition) is 1. The molecule has 0 saturated heterocycles. The Labute approximate surface area is 125 Å². The second-order valence-electron chi connectivity index (χ2n) is 5.16. The van der Waals surface area contributed by atoms with Crippen molar-refractivity contribution in [2.45, 2.75) is 46.2 Å². The van der Waals surface area contributed by atoms with Crippen LogP contribution in [-0.2, 0) is 16.1 Å². The zero-order chi connectivity index (χ0) is 15.8. The largest absolute Gasteiger partial charge is 0.354 e. The van der Waals surface area contributed by atoms with Crippen LogP contribution in [0, 0.1) is 5.82 Å². The van der Waals surface area contributed by atoms with Crippen molar-refractivity contribution in [2.75, 3.05) is 6.54 Å². The van der Waals surface area contributed by atoms with E-state index in [2.05, 4.69) is 5.32 Å². The lowest BCUT2D eigenvalue weighted by Crippen LogP contribution is -2.36. The number of carbonyl (C=O) groups excluding carboxylic acids is 2. The van der Waals surface area contributed by atoms with Crippen LogP contribution in [0.5, 0.6) is 0 Å². The van der Waals surface area contributed by atoms with Crippen LogP contribution in [0.3, 0.4) is 0 Å². The van der Waals surface area contributed by atoms with Crippen LogP contribution >= 0.6 is 0 Å². The van der Waals surface area contributed by atoms with E-state index in [9.17, 15) is 14.0 Å². The summed E-state index contributed by atoms with van der Waals surface area (Å²) in [5, 5.41) is 2.85. The van der Waals surface area contributed by atoms with Crippen LogP contribution in [-0.4, -0.2) is 29.3 Å². The Balaban J connectivity index is 2.57. The molecule has 0 spiro atoms. The van der Waals surface area contributed by atoms with Gasteiger partial charge in [-0.3, -0.25) is 9.59 Å². The average Bonchev–Trinajstić information content (AvgIpc) is 2.44. The number of carbonyl (C=O) groups is 2. The second kappa shape index (κ2) is 8.39. The van der Waals surface area contributed by atoms with E-state index in [4.69, 9.17) is 0 Å². The van der Waals surface area contributed by atoms with Crippen LogP contribution < -0.4 is 5.32 Å². The van der Waals surface area contributed by atoms with Crippen LogP contribution in [0.15, 0.2) is 24.3 Å². The predicted molar refractivity (Wildman–Crippen MR) is 80.0 cm³/mol. The Morgan fingerprint density at radius 1 is 1.33 bits per heavy atom. The number of amides is 2. The third-order valence-electron chi connectivity index (χ3n) is 3.39. The van der Waals surface area contributed by atoms with Gasteiger partial charge in [0.1, 0.15) is 5.82 Å². The summed E-state index contributed by atoms with van der Waals surface area (Å²) < 4.78 is 13.6. The number of benzene rings is 1. The predicted octanol–water partition coefficient (Wildman–Crippen LogP) is 2.48. The lowest BCUT2D eigenvalue weighted by molar-refractivity contribution is -0.130. The van der Waals surface area contributed by atoms with Crippen molar-refractivity contribution in [3.05, 3.63) is 35.6 Å². The molecule has 0 aliphatic rings. The Bertz CT molecular complexity index is 491. The monoisotopic (exact) mass is 294 g/mol. The van der Waals surface area contributed by atoms with E-state index in [1.165, 1.54) is 17.9 Å². The van der Waals surface area contributed by atoms with E-state index in [0.29, 0.717) is 5.56 Å². The van der Waals surface area contributed by atoms with Gasteiger partial charge in [0.15, 0.2) is 0 Å². The quantitative estimate of drug-likeness (QED) is 0.840. The maximum Gasteiger partial charge on any atom is 0.221 e. The van der Waals surface area contributed by atoms with E-state index in [-0.39, 0.29) is 43.2 Å². The summed E-state index contributed by atoms with van der Waals surface area (Å²) in [5.41, 5.74) is 0.454. The van der Waals surface area contributed by atoms with Crippen molar-refractivity contribution >= 4 is 11.8 Å². The maximum atomic E-state index is 13.6. The minimum atomic E-state index is -0.340. The van der Waals surface area contributed by atoms with Gasteiger partial charge in [-0.25, -0.2) is 4.39 Å². The first-order valence-corrected chi connectivity index (χ1v) is 7.22. The standard InChI is InChI=1S/C16H23FN2O2/c1-4-12(2)18-16(21)9-10-19(13(3)20)11-14-7-5-6-8-15(14)17/h5-8,12H,4,9-11H2,1-3H3,(H,18,21). The molecule has 0 aliphatic carbocycles. The van der Waals surface area contributed by atoms with Gasteiger partial charge in [-0.1, -0.05) is 25.1 Å². The highest BCUT2D eigenvalue weighted by Gasteiger charge is 2.14. The van der Waals surface area contributed by atoms with Crippen LogP contribution in [0.2, 0.25) is 0 Å². The van der Waals surface area contributed by atoms with Gasteiger partial charge in [0.05, 0.1) is 0 Å². The number of rotatable bonds is 7. The first-order chi connectivity index (χ1) is 9.93. The number of halogens is 1. The molecule has 2 amide bonds. The van der Waals surface area contributed by atoms with E-state index in [1.54, 1.807) is 18.2 Å². The normalized spacial score (nSPS) is 11.8. The van der Waals surface area contributed by atoms with Gasteiger partial charge >= 0.3 is 0 Å². The van der Waals surface area contributed by atoms with Crippen molar-refractivity contribution in [2.24, 2.45) is 0 Å². The van der Waals surface area contributed by atoms with Crippen molar-refractivity contribution in [3.8, 4) is 0 Å². The summed E-state index contributed by atoms with van der Waals surface area (Å²) in [6.07, 6.45) is 1.08. The van der Waals surface area contributed by atoms with Crippen LogP contribution in [0.1, 0.15) is 39.2 Å². The number of hydrogen-bond acceptors (Lipinski definition) is 2. The molecule has 0 aliphatic heterocycles. The molecule has 1 aromatic rings. The molecule has 1 unspecified atom stereocenters. The molecule has 0 saturated carbocycles. The fourth-order valence-corrected chi connectivity index (χ4v) is 1.87. The molecule has 4 nitrogen and oxygen atoms in total. The fraction of sp³-hybridized carbons (Fsp3) is 0.500. The number of nitrogens with zero attached hydrogens (tertiary/aromatic N) is 1.